The van der Waals surface area contributed by atoms with Crippen LogP contribution >= 0.6 is 11.6 Å². The van der Waals surface area contributed by atoms with E-state index in [4.69, 9.17) is 27.4 Å². The molecule has 0 aromatic heterocycles. The standard InChI is InChI=1S/C9H9ClN6O/c10-7-1-3-9(4-2-7)17-6-8(14-16-12)5-13-15-11/h1-4,8H,5-6H2. The van der Waals surface area contributed by atoms with Crippen LogP contribution in [0.3, 0.4) is 0 Å². The molecular weight excluding hydrogens is 244 g/mol. The lowest BCUT2D eigenvalue weighted by Gasteiger charge is -2.10. The molecule has 1 atom stereocenters. The average molecular weight is 253 g/mol. The number of hydrogen-bond acceptors (Lipinski definition) is 3. The number of ether oxygens (including phenoxy) is 1. The Morgan fingerprint density at radius 1 is 1.24 bits per heavy atom. The van der Waals surface area contributed by atoms with Crippen LogP contribution in [0.15, 0.2) is 34.5 Å². The van der Waals surface area contributed by atoms with Crippen LogP contribution in [0.4, 0.5) is 0 Å². The molecule has 0 aliphatic heterocycles. The zero-order valence-corrected chi connectivity index (χ0v) is 9.53. The van der Waals surface area contributed by atoms with Gasteiger partial charge in [0.05, 0.1) is 12.6 Å². The van der Waals surface area contributed by atoms with E-state index in [-0.39, 0.29) is 13.2 Å². The SMILES string of the molecule is [N-]=[N+]=NCC(COc1ccc(Cl)cc1)N=[N+]=[N-]. The minimum absolute atomic E-state index is 0.0636. The summed E-state index contributed by atoms with van der Waals surface area (Å²) in [6.07, 6.45) is 0. The van der Waals surface area contributed by atoms with Gasteiger partial charge in [0.15, 0.2) is 0 Å². The molecule has 1 rings (SSSR count). The number of azide groups is 2. The van der Waals surface area contributed by atoms with Gasteiger partial charge in [0.1, 0.15) is 5.75 Å². The van der Waals surface area contributed by atoms with E-state index >= 15 is 0 Å². The highest BCUT2D eigenvalue weighted by Gasteiger charge is 2.06. The first-order valence-corrected chi connectivity index (χ1v) is 5.07. The van der Waals surface area contributed by atoms with Gasteiger partial charge in [-0.2, -0.15) is 0 Å². The van der Waals surface area contributed by atoms with Gasteiger partial charge >= 0.3 is 0 Å². The topological polar surface area (TPSA) is 107 Å². The molecule has 0 saturated heterocycles. The zero-order valence-electron chi connectivity index (χ0n) is 8.77. The molecule has 17 heavy (non-hydrogen) atoms. The van der Waals surface area contributed by atoms with Gasteiger partial charge in [0.2, 0.25) is 0 Å². The lowest BCUT2D eigenvalue weighted by Crippen LogP contribution is -2.18. The molecule has 7 nitrogen and oxygen atoms in total. The van der Waals surface area contributed by atoms with Gasteiger partial charge in [-0.05, 0) is 35.3 Å². The lowest BCUT2D eigenvalue weighted by molar-refractivity contribution is 0.291. The molecule has 1 unspecified atom stereocenters. The van der Waals surface area contributed by atoms with E-state index in [0.29, 0.717) is 10.8 Å². The van der Waals surface area contributed by atoms with Gasteiger partial charge in [0.25, 0.3) is 0 Å². The number of nitrogens with zero attached hydrogens (tertiary/aromatic N) is 6. The van der Waals surface area contributed by atoms with Crippen LogP contribution in [0.5, 0.6) is 5.75 Å². The molecule has 0 aliphatic carbocycles. The molecule has 88 valence electrons. The van der Waals surface area contributed by atoms with Crippen LogP contribution in [0.2, 0.25) is 5.02 Å². The maximum atomic E-state index is 8.32. The molecule has 0 bridgehead atoms. The van der Waals surface area contributed by atoms with Crippen molar-refractivity contribution in [3.63, 3.8) is 0 Å². The van der Waals surface area contributed by atoms with E-state index in [1.807, 2.05) is 0 Å². The van der Waals surface area contributed by atoms with Crippen molar-refractivity contribution >= 4 is 11.6 Å². The molecule has 0 spiro atoms. The van der Waals surface area contributed by atoms with Crippen LogP contribution in [0, 0.1) is 0 Å². The molecule has 1 aromatic rings. The minimum atomic E-state index is -0.522. The van der Waals surface area contributed by atoms with E-state index in [0.717, 1.165) is 0 Å². The van der Waals surface area contributed by atoms with E-state index in [2.05, 4.69) is 20.1 Å². The van der Waals surface area contributed by atoms with Gasteiger partial charge in [-0.15, -0.1) is 0 Å². The van der Waals surface area contributed by atoms with Crippen LogP contribution < -0.4 is 4.74 Å². The van der Waals surface area contributed by atoms with Crippen LogP contribution in [-0.4, -0.2) is 19.2 Å². The molecule has 0 N–H and O–H groups in total. The highest BCUT2D eigenvalue weighted by molar-refractivity contribution is 6.30. The molecule has 8 heteroatoms. The van der Waals surface area contributed by atoms with Crippen molar-refractivity contribution in [3.8, 4) is 5.75 Å². The molecule has 0 heterocycles. The summed E-state index contributed by atoms with van der Waals surface area (Å²) in [6, 6.07) is 6.25. The van der Waals surface area contributed by atoms with Crippen LogP contribution in [0.1, 0.15) is 0 Å². The fourth-order valence-electron chi connectivity index (χ4n) is 1.05. The van der Waals surface area contributed by atoms with Gasteiger partial charge < -0.3 is 4.74 Å². The van der Waals surface area contributed by atoms with E-state index in [1.54, 1.807) is 24.3 Å². The molecule has 0 saturated carbocycles. The van der Waals surface area contributed by atoms with Crippen molar-refractivity contribution in [1.29, 1.82) is 0 Å². The summed E-state index contributed by atoms with van der Waals surface area (Å²) < 4.78 is 5.37. The van der Waals surface area contributed by atoms with Crippen molar-refractivity contribution in [2.75, 3.05) is 13.2 Å². The number of halogens is 1. The van der Waals surface area contributed by atoms with Gasteiger partial charge in [-0.1, -0.05) is 21.8 Å². The quantitative estimate of drug-likeness (QED) is 0.429. The molecular formula is C9H9ClN6O. The summed E-state index contributed by atoms with van der Waals surface area (Å²) in [4.78, 5) is 5.25. The second-order valence-corrected chi connectivity index (χ2v) is 3.47. The van der Waals surface area contributed by atoms with E-state index < -0.39 is 6.04 Å². The third kappa shape index (κ3) is 4.99. The van der Waals surface area contributed by atoms with Gasteiger partial charge in [-0.25, -0.2) is 0 Å². The normalized spacial score (nSPS) is 10.9. The molecule has 0 aliphatic rings. The summed E-state index contributed by atoms with van der Waals surface area (Å²) in [5, 5.41) is 7.40. The summed E-state index contributed by atoms with van der Waals surface area (Å²) >= 11 is 5.72. The Morgan fingerprint density at radius 2 is 1.94 bits per heavy atom. The maximum absolute atomic E-state index is 8.32. The average Bonchev–Trinajstić information content (AvgIpc) is 2.35. The lowest BCUT2D eigenvalue weighted by atomic mass is 10.3. The smallest absolute Gasteiger partial charge is 0.119 e. The Kier molecular flexibility index (Phi) is 5.54. The maximum Gasteiger partial charge on any atom is 0.119 e. The highest BCUT2D eigenvalue weighted by Crippen LogP contribution is 2.15. The number of benzene rings is 1. The third-order valence-corrected chi connectivity index (χ3v) is 2.08. The third-order valence-electron chi connectivity index (χ3n) is 1.83. The van der Waals surface area contributed by atoms with Crippen LogP contribution in [0.25, 0.3) is 20.9 Å². The highest BCUT2D eigenvalue weighted by atomic mass is 35.5. The number of rotatable bonds is 6. The predicted octanol–water partition coefficient (Wildman–Crippen LogP) is 3.71. The summed E-state index contributed by atoms with van der Waals surface area (Å²) in [6.45, 7) is 0.207. The summed E-state index contributed by atoms with van der Waals surface area (Å²) in [5.41, 5.74) is 16.5. The first-order valence-electron chi connectivity index (χ1n) is 4.69. The van der Waals surface area contributed by atoms with Crippen LogP contribution in [-0.2, 0) is 0 Å². The molecule has 0 fully saturated rings. The van der Waals surface area contributed by atoms with Crippen molar-refractivity contribution in [2.45, 2.75) is 6.04 Å². The summed E-state index contributed by atoms with van der Waals surface area (Å²) in [5.74, 6) is 0.605. The first kappa shape index (κ1) is 13.0. The molecule has 0 amide bonds. The Hall–Kier alpha value is -2.07. The molecule has 0 radical (unpaired) electrons. The monoisotopic (exact) mass is 252 g/mol. The van der Waals surface area contributed by atoms with Crippen molar-refractivity contribution in [1.82, 2.24) is 0 Å². The van der Waals surface area contributed by atoms with Crippen molar-refractivity contribution in [2.24, 2.45) is 10.2 Å². The molecule has 1 aromatic carbocycles. The van der Waals surface area contributed by atoms with Crippen molar-refractivity contribution < 1.29 is 4.74 Å². The first-order chi connectivity index (χ1) is 8.26. The zero-order chi connectivity index (χ0) is 12.5. The largest absolute Gasteiger partial charge is 0.493 e. The van der Waals surface area contributed by atoms with E-state index in [9.17, 15) is 0 Å². The Balaban J connectivity index is 2.53. The predicted molar refractivity (Wildman–Crippen MR) is 63.9 cm³/mol. The fourth-order valence-corrected chi connectivity index (χ4v) is 1.18. The number of hydrogen-bond donors (Lipinski definition) is 0. The minimum Gasteiger partial charge on any atom is -0.493 e. The van der Waals surface area contributed by atoms with Gasteiger partial charge in [0, 0.05) is 21.4 Å². The Bertz CT molecular complexity index is 449. The van der Waals surface area contributed by atoms with E-state index in [1.165, 1.54) is 0 Å². The Morgan fingerprint density at radius 3 is 2.53 bits per heavy atom. The second-order valence-electron chi connectivity index (χ2n) is 3.04. The fraction of sp³-hybridized carbons (Fsp3) is 0.333. The van der Waals surface area contributed by atoms with Crippen molar-refractivity contribution in [3.05, 3.63) is 50.2 Å². The summed E-state index contributed by atoms with van der Waals surface area (Å²) in [7, 11) is 0. The second kappa shape index (κ2) is 7.24. The van der Waals surface area contributed by atoms with Gasteiger partial charge in [-0.3, -0.25) is 0 Å². The Labute approximate surface area is 102 Å².